The highest BCUT2D eigenvalue weighted by atomic mass is 127. The number of aromatic nitrogens is 2. The van der Waals surface area contributed by atoms with Crippen LogP contribution in [0.25, 0.3) is 11.5 Å². The normalized spacial score (nSPS) is 17.2. The summed E-state index contributed by atoms with van der Waals surface area (Å²) >= 11 is 2.31. The van der Waals surface area contributed by atoms with Crippen LogP contribution in [0, 0.1) is 3.57 Å². The first-order chi connectivity index (χ1) is 10.8. The maximum absolute atomic E-state index is 6.00. The van der Waals surface area contributed by atoms with E-state index in [0.29, 0.717) is 5.92 Å². The molecule has 1 atom stereocenters. The van der Waals surface area contributed by atoms with E-state index in [4.69, 9.17) is 9.40 Å². The van der Waals surface area contributed by atoms with Crippen LogP contribution in [0.15, 0.2) is 53.1 Å². The predicted molar refractivity (Wildman–Crippen MR) is 93.7 cm³/mol. The van der Waals surface area contributed by atoms with Crippen LogP contribution in [0.4, 0.5) is 0 Å². The van der Waals surface area contributed by atoms with E-state index >= 15 is 0 Å². The van der Waals surface area contributed by atoms with E-state index in [-0.39, 0.29) is 0 Å². The molecule has 22 heavy (non-hydrogen) atoms. The summed E-state index contributed by atoms with van der Waals surface area (Å²) < 4.78 is 7.19. The van der Waals surface area contributed by atoms with Crippen molar-refractivity contribution in [1.82, 2.24) is 9.97 Å². The minimum Gasteiger partial charge on any atom is -0.441 e. The Hall–Kier alpha value is -1.69. The summed E-state index contributed by atoms with van der Waals surface area (Å²) in [4.78, 5) is 9.23. The zero-order valence-corrected chi connectivity index (χ0v) is 14.2. The van der Waals surface area contributed by atoms with E-state index in [9.17, 15) is 0 Å². The average molecular weight is 402 g/mol. The lowest BCUT2D eigenvalue weighted by molar-refractivity contribution is 0.461. The van der Waals surface area contributed by atoms with Crippen molar-refractivity contribution in [2.75, 3.05) is 0 Å². The highest BCUT2D eigenvalue weighted by Gasteiger charge is 2.26. The lowest BCUT2D eigenvalue weighted by Gasteiger charge is -2.19. The molecule has 0 spiro atoms. The summed E-state index contributed by atoms with van der Waals surface area (Å²) in [6, 6.07) is 14.4. The molecule has 0 N–H and O–H groups in total. The van der Waals surface area contributed by atoms with Crippen LogP contribution in [0.5, 0.6) is 0 Å². The molecule has 1 aromatic carbocycles. The molecule has 1 unspecified atom stereocenters. The van der Waals surface area contributed by atoms with Gasteiger partial charge < -0.3 is 4.42 Å². The fourth-order valence-corrected chi connectivity index (χ4v) is 3.54. The minimum atomic E-state index is 0.447. The number of pyridine rings is 1. The molecule has 2 heterocycles. The Morgan fingerprint density at radius 1 is 1.14 bits per heavy atom. The summed E-state index contributed by atoms with van der Waals surface area (Å²) in [5.74, 6) is 2.23. The molecule has 0 bridgehead atoms. The first-order valence-corrected chi connectivity index (χ1v) is 8.53. The lowest BCUT2D eigenvalue weighted by Crippen LogP contribution is -2.13. The van der Waals surface area contributed by atoms with E-state index in [2.05, 4.69) is 57.9 Å². The van der Waals surface area contributed by atoms with Gasteiger partial charge in [-0.25, -0.2) is 4.98 Å². The molecule has 4 rings (SSSR count). The maximum atomic E-state index is 6.00. The van der Waals surface area contributed by atoms with Crippen molar-refractivity contribution in [3.63, 3.8) is 0 Å². The zero-order valence-electron chi connectivity index (χ0n) is 12.0. The monoisotopic (exact) mass is 402 g/mol. The van der Waals surface area contributed by atoms with Crippen molar-refractivity contribution in [2.45, 2.75) is 25.2 Å². The summed E-state index contributed by atoms with van der Waals surface area (Å²) in [5, 5.41) is 0. The second-order valence-corrected chi connectivity index (χ2v) is 6.84. The first kappa shape index (κ1) is 13.9. The van der Waals surface area contributed by atoms with Crippen molar-refractivity contribution in [3.05, 3.63) is 69.4 Å². The molecule has 0 saturated heterocycles. The zero-order chi connectivity index (χ0) is 14.9. The fourth-order valence-electron chi connectivity index (χ4n) is 2.99. The molecule has 1 aliphatic rings. The Morgan fingerprint density at radius 3 is 2.91 bits per heavy atom. The second kappa shape index (κ2) is 5.83. The molecule has 0 saturated carbocycles. The number of benzene rings is 1. The maximum Gasteiger partial charge on any atom is 0.226 e. The number of halogens is 1. The molecule has 1 aliphatic carbocycles. The SMILES string of the molecule is Ic1cccc(-c2nc3c(o2)CCC(c2ccccn2)C3)c1. The molecule has 3 aromatic rings. The van der Waals surface area contributed by atoms with Gasteiger partial charge in [-0.1, -0.05) is 12.1 Å². The van der Waals surface area contributed by atoms with Crippen molar-refractivity contribution in [3.8, 4) is 11.5 Å². The van der Waals surface area contributed by atoms with Gasteiger partial charge in [0.15, 0.2) is 0 Å². The standard InChI is InChI=1S/C18H15IN2O/c19-14-5-3-4-13(10-14)18-21-16-11-12(7-8-17(16)22-18)15-6-1-2-9-20-15/h1-6,9-10,12H,7-8,11H2. The molecule has 2 aromatic heterocycles. The fraction of sp³-hybridized carbons (Fsp3) is 0.222. The van der Waals surface area contributed by atoms with Crippen molar-refractivity contribution in [1.29, 1.82) is 0 Å². The smallest absolute Gasteiger partial charge is 0.226 e. The van der Waals surface area contributed by atoms with E-state index in [1.165, 1.54) is 3.57 Å². The molecule has 0 fully saturated rings. The van der Waals surface area contributed by atoms with Gasteiger partial charge in [-0.05, 0) is 59.3 Å². The van der Waals surface area contributed by atoms with Gasteiger partial charge >= 0.3 is 0 Å². The van der Waals surface area contributed by atoms with Gasteiger partial charge in [0.1, 0.15) is 5.76 Å². The highest BCUT2D eigenvalue weighted by Crippen LogP contribution is 2.34. The van der Waals surface area contributed by atoms with Crippen molar-refractivity contribution < 1.29 is 4.42 Å². The molecule has 0 radical (unpaired) electrons. The Morgan fingerprint density at radius 2 is 2.09 bits per heavy atom. The number of nitrogens with zero attached hydrogens (tertiary/aromatic N) is 2. The number of oxazole rings is 1. The Kier molecular flexibility index (Phi) is 3.70. The number of hydrogen-bond acceptors (Lipinski definition) is 3. The van der Waals surface area contributed by atoms with Crippen LogP contribution in [-0.4, -0.2) is 9.97 Å². The Labute approximate surface area is 142 Å². The van der Waals surface area contributed by atoms with Crippen LogP contribution in [0.3, 0.4) is 0 Å². The Bertz CT molecular complexity index is 798. The largest absolute Gasteiger partial charge is 0.441 e. The van der Waals surface area contributed by atoms with Gasteiger partial charge in [-0.3, -0.25) is 4.98 Å². The van der Waals surface area contributed by atoms with E-state index in [1.54, 1.807) is 0 Å². The summed E-state index contributed by atoms with van der Waals surface area (Å²) in [6.07, 6.45) is 4.79. The number of rotatable bonds is 2. The van der Waals surface area contributed by atoms with E-state index < -0.39 is 0 Å². The summed E-state index contributed by atoms with van der Waals surface area (Å²) in [5.41, 5.74) is 3.30. The van der Waals surface area contributed by atoms with Gasteiger partial charge in [-0.15, -0.1) is 0 Å². The van der Waals surface area contributed by atoms with E-state index in [1.807, 2.05) is 18.3 Å². The third-order valence-electron chi connectivity index (χ3n) is 4.12. The molecule has 110 valence electrons. The van der Waals surface area contributed by atoms with Crippen LogP contribution in [-0.2, 0) is 12.8 Å². The molecule has 4 heteroatoms. The topological polar surface area (TPSA) is 38.9 Å². The predicted octanol–water partition coefficient (Wildman–Crippen LogP) is 4.61. The van der Waals surface area contributed by atoms with Crippen LogP contribution < -0.4 is 0 Å². The van der Waals surface area contributed by atoms with E-state index in [0.717, 1.165) is 47.9 Å². The average Bonchev–Trinajstić information content (AvgIpc) is 2.99. The third-order valence-corrected chi connectivity index (χ3v) is 4.79. The van der Waals surface area contributed by atoms with Gasteiger partial charge in [0.25, 0.3) is 0 Å². The number of fused-ring (bicyclic) bond motifs is 1. The first-order valence-electron chi connectivity index (χ1n) is 7.45. The molecule has 0 amide bonds. The van der Waals surface area contributed by atoms with Gasteiger partial charge in [0.2, 0.25) is 5.89 Å². The van der Waals surface area contributed by atoms with Crippen LogP contribution in [0.1, 0.15) is 29.5 Å². The van der Waals surface area contributed by atoms with Crippen molar-refractivity contribution in [2.24, 2.45) is 0 Å². The summed E-state index contributed by atoms with van der Waals surface area (Å²) in [6.45, 7) is 0. The van der Waals surface area contributed by atoms with Crippen molar-refractivity contribution >= 4 is 22.6 Å². The van der Waals surface area contributed by atoms with Gasteiger partial charge in [-0.2, -0.15) is 0 Å². The molecular weight excluding hydrogens is 387 g/mol. The molecule has 3 nitrogen and oxygen atoms in total. The quantitative estimate of drug-likeness (QED) is 0.588. The van der Waals surface area contributed by atoms with Gasteiger partial charge in [0, 0.05) is 39.8 Å². The number of hydrogen-bond donors (Lipinski definition) is 0. The second-order valence-electron chi connectivity index (χ2n) is 5.59. The third kappa shape index (κ3) is 2.67. The summed E-state index contributed by atoms with van der Waals surface area (Å²) in [7, 11) is 0. The highest BCUT2D eigenvalue weighted by molar-refractivity contribution is 14.1. The van der Waals surface area contributed by atoms with Crippen LogP contribution in [0.2, 0.25) is 0 Å². The Balaban J connectivity index is 1.64. The molecule has 0 aliphatic heterocycles. The van der Waals surface area contributed by atoms with Gasteiger partial charge in [0.05, 0.1) is 5.69 Å². The van der Waals surface area contributed by atoms with Crippen LogP contribution >= 0.6 is 22.6 Å². The minimum absolute atomic E-state index is 0.447. The lowest BCUT2D eigenvalue weighted by atomic mass is 9.87. The molecular formula is C18H15IN2O. The number of aryl methyl sites for hydroxylation is 1.